The van der Waals surface area contributed by atoms with E-state index in [2.05, 4.69) is 4.98 Å². The summed E-state index contributed by atoms with van der Waals surface area (Å²) < 4.78 is 7.11. The lowest BCUT2D eigenvalue weighted by atomic mass is 10.2. The first-order valence-electron chi connectivity index (χ1n) is 7.78. The zero-order chi connectivity index (χ0) is 18.0. The fourth-order valence-electron chi connectivity index (χ4n) is 2.55. The second-order valence-electron chi connectivity index (χ2n) is 5.75. The second kappa shape index (κ2) is 7.03. The minimum absolute atomic E-state index is 0.138. The number of H-pyrrole nitrogens is 1. The average Bonchev–Trinajstić information content (AvgIpc) is 2.88. The van der Waals surface area contributed by atoms with Crippen LogP contribution in [-0.4, -0.2) is 40.6 Å². The molecule has 0 aliphatic heterocycles. The molecule has 25 heavy (non-hydrogen) atoms. The van der Waals surface area contributed by atoms with Crippen molar-refractivity contribution in [2.24, 2.45) is 7.05 Å². The van der Waals surface area contributed by atoms with Gasteiger partial charge < -0.3 is 14.6 Å². The molecule has 0 unspecified atom stereocenters. The van der Waals surface area contributed by atoms with Gasteiger partial charge in [0.1, 0.15) is 12.4 Å². The maximum Gasteiger partial charge on any atom is 0.326 e. The summed E-state index contributed by atoms with van der Waals surface area (Å²) in [5.41, 5.74) is 1.71. The molecule has 1 amide bonds. The Bertz CT molecular complexity index is 977. The van der Waals surface area contributed by atoms with Crippen LogP contribution in [0.4, 0.5) is 0 Å². The number of benzene rings is 2. The molecular weight excluding hydrogens is 342 g/mol. The van der Waals surface area contributed by atoms with Gasteiger partial charge in [-0.2, -0.15) is 0 Å². The van der Waals surface area contributed by atoms with E-state index in [0.717, 1.165) is 5.52 Å². The number of amides is 1. The number of aromatic amines is 1. The molecule has 0 aliphatic carbocycles. The summed E-state index contributed by atoms with van der Waals surface area (Å²) in [4.78, 5) is 28.5. The molecule has 0 fully saturated rings. The zero-order valence-corrected chi connectivity index (χ0v) is 14.7. The summed E-state index contributed by atoms with van der Waals surface area (Å²) in [6.07, 6.45) is 0. The van der Waals surface area contributed by atoms with Crippen LogP contribution < -0.4 is 10.4 Å². The SMILES string of the molecule is CN(CCOc1cccc(Cl)c1)C(=O)c1ccc2c(c1)[nH]c(=O)n2C. The summed E-state index contributed by atoms with van der Waals surface area (Å²) >= 11 is 5.91. The van der Waals surface area contributed by atoms with Crippen LogP contribution in [0.3, 0.4) is 0 Å². The Kier molecular flexibility index (Phi) is 4.81. The van der Waals surface area contributed by atoms with Gasteiger partial charge in [-0.05, 0) is 36.4 Å². The van der Waals surface area contributed by atoms with Gasteiger partial charge in [0.15, 0.2) is 0 Å². The predicted molar refractivity (Wildman–Crippen MR) is 97.4 cm³/mol. The van der Waals surface area contributed by atoms with Gasteiger partial charge in [0.25, 0.3) is 5.91 Å². The summed E-state index contributed by atoms with van der Waals surface area (Å²) in [5.74, 6) is 0.526. The van der Waals surface area contributed by atoms with E-state index in [9.17, 15) is 9.59 Å². The quantitative estimate of drug-likeness (QED) is 0.761. The molecule has 0 atom stereocenters. The number of carbonyl (C=O) groups is 1. The van der Waals surface area contributed by atoms with E-state index in [4.69, 9.17) is 16.3 Å². The molecule has 6 nitrogen and oxygen atoms in total. The largest absolute Gasteiger partial charge is 0.492 e. The van der Waals surface area contributed by atoms with Gasteiger partial charge in [-0.25, -0.2) is 4.79 Å². The minimum Gasteiger partial charge on any atom is -0.492 e. The number of aryl methyl sites for hydroxylation is 1. The first-order chi connectivity index (χ1) is 12.0. The summed E-state index contributed by atoms with van der Waals surface area (Å²) in [6, 6.07) is 12.3. The smallest absolute Gasteiger partial charge is 0.326 e. The number of carbonyl (C=O) groups excluding carboxylic acids is 1. The van der Waals surface area contributed by atoms with E-state index in [-0.39, 0.29) is 11.6 Å². The van der Waals surface area contributed by atoms with E-state index < -0.39 is 0 Å². The van der Waals surface area contributed by atoms with E-state index in [0.29, 0.717) is 35.0 Å². The molecule has 1 aromatic heterocycles. The van der Waals surface area contributed by atoms with Crippen LogP contribution in [0.15, 0.2) is 47.3 Å². The van der Waals surface area contributed by atoms with Crippen molar-refractivity contribution < 1.29 is 9.53 Å². The van der Waals surface area contributed by atoms with Gasteiger partial charge in [0, 0.05) is 24.7 Å². The summed E-state index contributed by atoms with van der Waals surface area (Å²) in [7, 11) is 3.39. The van der Waals surface area contributed by atoms with Crippen molar-refractivity contribution in [2.45, 2.75) is 0 Å². The highest BCUT2D eigenvalue weighted by molar-refractivity contribution is 6.30. The fraction of sp³-hybridized carbons (Fsp3) is 0.222. The molecule has 7 heteroatoms. The van der Waals surface area contributed by atoms with Crippen molar-refractivity contribution >= 4 is 28.5 Å². The Morgan fingerprint density at radius 3 is 2.84 bits per heavy atom. The van der Waals surface area contributed by atoms with Gasteiger partial charge in [-0.1, -0.05) is 17.7 Å². The van der Waals surface area contributed by atoms with Gasteiger partial charge in [-0.3, -0.25) is 9.36 Å². The second-order valence-corrected chi connectivity index (χ2v) is 6.19. The number of fused-ring (bicyclic) bond motifs is 1. The average molecular weight is 360 g/mol. The van der Waals surface area contributed by atoms with Crippen LogP contribution in [0.25, 0.3) is 11.0 Å². The number of hydrogen-bond acceptors (Lipinski definition) is 3. The third-order valence-electron chi connectivity index (χ3n) is 3.99. The Morgan fingerprint density at radius 2 is 2.08 bits per heavy atom. The van der Waals surface area contributed by atoms with E-state index in [1.165, 1.54) is 4.57 Å². The first-order valence-corrected chi connectivity index (χ1v) is 8.16. The van der Waals surface area contributed by atoms with Crippen molar-refractivity contribution in [3.8, 4) is 5.75 Å². The number of halogens is 1. The molecule has 0 saturated carbocycles. The Morgan fingerprint density at radius 1 is 1.28 bits per heavy atom. The van der Waals surface area contributed by atoms with Gasteiger partial charge in [0.2, 0.25) is 0 Å². The van der Waals surface area contributed by atoms with Crippen molar-refractivity contribution in [1.29, 1.82) is 0 Å². The highest BCUT2D eigenvalue weighted by Crippen LogP contribution is 2.17. The maximum atomic E-state index is 12.5. The normalized spacial score (nSPS) is 10.8. The number of rotatable bonds is 5. The highest BCUT2D eigenvalue weighted by Gasteiger charge is 2.13. The molecule has 2 aromatic carbocycles. The van der Waals surface area contributed by atoms with Gasteiger partial charge in [-0.15, -0.1) is 0 Å². The Balaban J connectivity index is 1.65. The van der Waals surface area contributed by atoms with Crippen molar-refractivity contribution in [1.82, 2.24) is 14.5 Å². The molecule has 0 bridgehead atoms. The number of likely N-dealkylation sites (N-methyl/N-ethyl adjacent to an activating group) is 1. The van der Waals surface area contributed by atoms with Gasteiger partial charge >= 0.3 is 5.69 Å². The Labute approximate surface area is 149 Å². The lowest BCUT2D eigenvalue weighted by Gasteiger charge is -2.17. The standard InChI is InChI=1S/C18H18ClN3O3/c1-21(8-9-25-14-5-3-4-13(19)11-14)17(23)12-6-7-16-15(10-12)20-18(24)22(16)2/h3-7,10-11H,8-9H2,1-2H3,(H,20,24). The molecule has 0 saturated heterocycles. The van der Waals surface area contributed by atoms with Crippen LogP contribution in [0, 0.1) is 0 Å². The predicted octanol–water partition coefficient (Wildman–Crippen LogP) is 2.67. The van der Waals surface area contributed by atoms with Crippen molar-refractivity contribution in [3.63, 3.8) is 0 Å². The highest BCUT2D eigenvalue weighted by atomic mass is 35.5. The molecule has 0 aliphatic rings. The molecule has 1 heterocycles. The van der Waals surface area contributed by atoms with Gasteiger partial charge in [0.05, 0.1) is 17.6 Å². The number of nitrogens with zero attached hydrogens (tertiary/aromatic N) is 2. The minimum atomic E-state index is -0.206. The van der Waals surface area contributed by atoms with Crippen LogP contribution in [0.2, 0.25) is 5.02 Å². The fourth-order valence-corrected chi connectivity index (χ4v) is 2.73. The topological polar surface area (TPSA) is 67.3 Å². The van der Waals surface area contributed by atoms with Crippen LogP contribution in [-0.2, 0) is 7.05 Å². The molecule has 130 valence electrons. The lowest BCUT2D eigenvalue weighted by Crippen LogP contribution is -2.30. The number of aromatic nitrogens is 2. The molecular formula is C18H18ClN3O3. The number of hydrogen-bond donors (Lipinski definition) is 1. The van der Waals surface area contributed by atoms with E-state index in [1.54, 1.807) is 49.3 Å². The van der Waals surface area contributed by atoms with Crippen LogP contribution in [0.5, 0.6) is 5.75 Å². The van der Waals surface area contributed by atoms with E-state index in [1.807, 2.05) is 12.1 Å². The van der Waals surface area contributed by atoms with Crippen LogP contribution in [0.1, 0.15) is 10.4 Å². The van der Waals surface area contributed by atoms with Crippen molar-refractivity contribution in [3.05, 3.63) is 63.5 Å². The molecule has 1 N–H and O–H groups in total. The molecule has 3 aromatic rings. The zero-order valence-electron chi connectivity index (χ0n) is 14.0. The molecule has 0 spiro atoms. The lowest BCUT2D eigenvalue weighted by molar-refractivity contribution is 0.0774. The number of ether oxygens (including phenoxy) is 1. The number of imidazole rings is 1. The summed E-state index contributed by atoms with van der Waals surface area (Å²) in [6.45, 7) is 0.779. The third kappa shape index (κ3) is 3.69. The van der Waals surface area contributed by atoms with Crippen molar-refractivity contribution in [2.75, 3.05) is 20.2 Å². The first kappa shape index (κ1) is 17.1. The maximum absolute atomic E-state index is 12.5. The van der Waals surface area contributed by atoms with Crippen LogP contribution >= 0.6 is 11.6 Å². The monoisotopic (exact) mass is 359 g/mol. The summed E-state index contributed by atoms with van der Waals surface area (Å²) in [5, 5.41) is 0.604. The number of nitrogens with one attached hydrogen (secondary N) is 1. The Hall–Kier alpha value is -2.73. The van der Waals surface area contributed by atoms with E-state index >= 15 is 0 Å². The molecule has 3 rings (SSSR count). The third-order valence-corrected chi connectivity index (χ3v) is 4.22. The molecule has 0 radical (unpaired) electrons.